The number of rotatable bonds is 4. The van der Waals surface area contributed by atoms with Crippen molar-refractivity contribution >= 4 is 23.2 Å². The van der Waals surface area contributed by atoms with Crippen LogP contribution in [0.25, 0.3) is 0 Å². The molecule has 1 N–H and O–H groups in total. The fourth-order valence-electron chi connectivity index (χ4n) is 1.66. The van der Waals surface area contributed by atoms with E-state index in [0.717, 1.165) is 11.3 Å². The second kappa shape index (κ2) is 6.22. The van der Waals surface area contributed by atoms with E-state index in [1.807, 2.05) is 60.7 Å². The molecule has 0 aliphatic rings. The molecule has 0 bridgehead atoms. The number of anilines is 1. The average molecular weight is 260 g/mol. The highest BCUT2D eigenvalue weighted by atomic mass is 35.5. The summed E-state index contributed by atoms with van der Waals surface area (Å²) in [5.74, 6) is -0.174. The van der Waals surface area contributed by atoms with E-state index in [2.05, 4.69) is 5.32 Å². The molecular formula is C15H14ClNO. The number of nitrogens with one attached hydrogen (secondary N) is 1. The molecule has 2 aromatic rings. The van der Waals surface area contributed by atoms with Gasteiger partial charge in [-0.1, -0.05) is 48.5 Å². The van der Waals surface area contributed by atoms with Gasteiger partial charge in [0.15, 0.2) is 0 Å². The number of benzene rings is 2. The molecule has 0 fully saturated rings. The fourth-order valence-corrected chi connectivity index (χ4v) is 1.89. The number of hydrogen-bond donors (Lipinski definition) is 1. The summed E-state index contributed by atoms with van der Waals surface area (Å²) in [4.78, 5) is 11.9. The molecule has 0 spiro atoms. The van der Waals surface area contributed by atoms with E-state index >= 15 is 0 Å². The Morgan fingerprint density at radius 2 is 1.56 bits per heavy atom. The molecule has 0 heterocycles. The normalized spacial score (nSPS) is 11.8. The summed E-state index contributed by atoms with van der Waals surface area (Å²) in [6.07, 6.45) is 0.529. The lowest BCUT2D eigenvalue weighted by molar-refractivity contribution is -0.115. The first-order valence-corrected chi connectivity index (χ1v) is 6.23. The standard InChI is InChI=1S/C15H14ClNO/c16-14(11-12-7-3-1-4-8-12)15(18)17-13-9-5-2-6-10-13/h1-10,14H,11H2,(H,17,18). The van der Waals surface area contributed by atoms with Gasteiger partial charge in [0.05, 0.1) is 0 Å². The summed E-state index contributed by atoms with van der Waals surface area (Å²) >= 11 is 6.10. The van der Waals surface area contributed by atoms with Gasteiger partial charge in [0.25, 0.3) is 0 Å². The lowest BCUT2D eigenvalue weighted by Crippen LogP contribution is -2.25. The summed E-state index contributed by atoms with van der Waals surface area (Å²) in [7, 11) is 0. The molecule has 0 aromatic heterocycles. The van der Waals surface area contributed by atoms with Crippen LogP contribution in [0.2, 0.25) is 0 Å². The molecule has 0 radical (unpaired) electrons. The van der Waals surface area contributed by atoms with Gasteiger partial charge in [-0.2, -0.15) is 0 Å². The maximum atomic E-state index is 11.9. The van der Waals surface area contributed by atoms with Crippen molar-refractivity contribution in [1.82, 2.24) is 0 Å². The van der Waals surface area contributed by atoms with Crippen molar-refractivity contribution < 1.29 is 4.79 Å². The molecular weight excluding hydrogens is 246 g/mol. The first kappa shape index (κ1) is 12.7. The molecule has 0 saturated heterocycles. The van der Waals surface area contributed by atoms with Gasteiger partial charge >= 0.3 is 0 Å². The zero-order chi connectivity index (χ0) is 12.8. The number of carbonyl (C=O) groups is 1. The van der Waals surface area contributed by atoms with Crippen LogP contribution in [0.5, 0.6) is 0 Å². The largest absolute Gasteiger partial charge is 0.325 e. The van der Waals surface area contributed by atoms with Crippen molar-refractivity contribution in [2.45, 2.75) is 11.8 Å². The Hall–Kier alpha value is -1.80. The third-order valence-electron chi connectivity index (χ3n) is 2.58. The SMILES string of the molecule is O=C(Nc1ccccc1)C(Cl)Cc1ccccc1. The maximum absolute atomic E-state index is 11.9. The zero-order valence-corrected chi connectivity index (χ0v) is 10.6. The van der Waals surface area contributed by atoms with E-state index in [9.17, 15) is 4.79 Å². The molecule has 2 nitrogen and oxygen atoms in total. The van der Waals surface area contributed by atoms with Crippen LogP contribution in [-0.2, 0) is 11.2 Å². The molecule has 18 heavy (non-hydrogen) atoms. The van der Waals surface area contributed by atoms with Crippen LogP contribution in [0, 0.1) is 0 Å². The van der Waals surface area contributed by atoms with Crippen molar-refractivity contribution in [2.75, 3.05) is 5.32 Å². The van der Waals surface area contributed by atoms with Gasteiger partial charge in [0, 0.05) is 5.69 Å². The Morgan fingerprint density at radius 3 is 2.17 bits per heavy atom. The molecule has 1 amide bonds. The van der Waals surface area contributed by atoms with Gasteiger partial charge in [-0.25, -0.2) is 0 Å². The monoisotopic (exact) mass is 259 g/mol. The summed E-state index contributed by atoms with van der Waals surface area (Å²) in [6.45, 7) is 0. The van der Waals surface area contributed by atoms with Gasteiger partial charge < -0.3 is 5.32 Å². The Balaban J connectivity index is 1.93. The molecule has 3 heteroatoms. The number of alkyl halides is 1. The van der Waals surface area contributed by atoms with Gasteiger partial charge in [-0.05, 0) is 24.1 Å². The van der Waals surface area contributed by atoms with Crippen LogP contribution in [0.3, 0.4) is 0 Å². The lowest BCUT2D eigenvalue weighted by atomic mass is 10.1. The zero-order valence-electron chi connectivity index (χ0n) is 9.84. The van der Waals surface area contributed by atoms with Crippen molar-refractivity contribution in [3.05, 3.63) is 66.2 Å². The summed E-state index contributed by atoms with van der Waals surface area (Å²) < 4.78 is 0. The second-order valence-electron chi connectivity index (χ2n) is 4.01. The quantitative estimate of drug-likeness (QED) is 0.837. The number of amides is 1. The number of para-hydroxylation sites is 1. The summed E-state index contributed by atoms with van der Waals surface area (Å²) in [5, 5.41) is 2.23. The van der Waals surface area contributed by atoms with Crippen LogP contribution < -0.4 is 5.32 Å². The van der Waals surface area contributed by atoms with E-state index in [4.69, 9.17) is 11.6 Å². The van der Waals surface area contributed by atoms with Crippen molar-refractivity contribution in [1.29, 1.82) is 0 Å². The highest BCUT2D eigenvalue weighted by molar-refractivity contribution is 6.32. The number of hydrogen-bond acceptors (Lipinski definition) is 1. The van der Waals surface area contributed by atoms with Crippen LogP contribution in [0.15, 0.2) is 60.7 Å². The van der Waals surface area contributed by atoms with Gasteiger partial charge in [0.2, 0.25) is 5.91 Å². The van der Waals surface area contributed by atoms with Crippen LogP contribution >= 0.6 is 11.6 Å². The topological polar surface area (TPSA) is 29.1 Å². The highest BCUT2D eigenvalue weighted by Crippen LogP contribution is 2.12. The van der Waals surface area contributed by atoms with Gasteiger partial charge in [-0.15, -0.1) is 11.6 Å². The van der Waals surface area contributed by atoms with Crippen LogP contribution in [0.4, 0.5) is 5.69 Å². The first-order valence-electron chi connectivity index (χ1n) is 5.79. The minimum atomic E-state index is -0.562. The predicted molar refractivity (Wildman–Crippen MR) is 74.9 cm³/mol. The smallest absolute Gasteiger partial charge is 0.242 e. The van der Waals surface area contributed by atoms with E-state index in [1.54, 1.807) is 0 Å². The molecule has 0 saturated carbocycles. The minimum Gasteiger partial charge on any atom is -0.325 e. The molecule has 0 aliphatic carbocycles. The lowest BCUT2D eigenvalue weighted by Gasteiger charge is -2.10. The molecule has 2 aromatic carbocycles. The Morgan fingerprint density at radius 1 is 1.00 bits per heavy atom. The Labute approximate surface area is 112 Å². The van der Waals surface area contributed by atoms with E-state index in [-0.39, 0.29) is 5.91 Å². The minimum absolute atomic E-state index is 0.174. The predicted octanol–water partition coefficient (Wildman–Crippen LogP) is 3.48. The third kappa shape index (κ3) is 3.60. The highest BCUT2D eigenvalue weighted by Gasteiger charge is 2.15. The van der Waals surface area contributed by atoms with E-state index in [1.165, 1.54) is 0 Å². The van der Waals surface area contributed by atoms with Crippen LogP contribution in [-0.4, -0.2) is 11.3 Å². The van der Waals surface area contributed by atoms with Crippen molar-refractivity contribution in [3.8, 4) is 0 Å². The van der Waals surface area contributed by atoms with E-state index < -0.39 is 5.38 Å². The Bertz CT molecular complexity index is 498. The summed E-state index contributed by atoms with van der Waals surface area (Å²) in [5.41, 5.74) is 1.82. The molecule has 2 rings (SSSR count). The Kier molecular flexibility index (Phi) is 4.37. The van der Waals surface area contributed by atoms with Gasteiger partial charge in [0.1, 0.15) is 5.38 Å². The molecule has 1 atom stereocenters. The van der Waals surface area contributed by atoms with E-state index in [0.29, 0.717) is 6.42 Å². The van der Waals surface area contributed by atoms with Crippen molar-refractivity contribution in [2.24, 2.45) is 0 Å². The number of carbonyl (C=O) groups excluding carboxylic acids is 1. The third-order valence-corrected chi connectivity index (χ3v) is 2.94. The molecule has 92 valence electrons. The average Bonchev–Trinajstić information content (AvgIpc) is 2.41. The second-order valence-corrected chi connectivity index (χ2v) is 4.54. The first-order chi connectivity index (χ1) is 8.75. The number of halogens is 1. The maximum Gasteiger partial charge on any atom is 0.242 e. The molecule has 1 unspecified atom stereocenters. The molecule has 0 aliphatic heterocycles. The van der Waals surface area contributed by atoms with Crippen LogP contribution in [0.1, 0.15) is 5.56 Å². The fraction of sp³-hybridized carbons (Fsp3) is 0.133. The van der Waals surface area contributed by atoms with Gasteiger partial charge in [-0.3, -0.25) is 4.79 Å². The van der Waals surface area contributed by atoms with Crippen molar-refractivity contribution in [3.63, 3.8) is 0 Å². The summed E-state index contributed by atoms with van der Waals surface area (Å²) in [6, 6.07) is 19.1.